The van der Waals surface area contributed by atoms with Gasteiger partial charge in [0.1, 0.15) is 5.75 Å². The van der Waals surface area contributed by atoms with Crippen LogP contribution < -0.4 is 10.1 Å². The number of benzene rings is 1. The van der Waals surface area contributed by atoms with E-state index < -0.39 is 11.9 Å². The highest BCUT2D eigenvalue weighted by molar-refractivity contribution is 5.95. The second-order valence-corrected chi connectivity index (χ2v) is 6.02. The van der Waals surface area contributed by atoms with Crippen LogP contribution in [0.15, 0.2) is 12.1 Å². The summed E-state index contributed by atoms with van der Waals surface area (Å²) in [6.45, 7) is 7.82. The van der Waals surface area contributed by atoms with Crippen LogP contribution in [0.3, 0.4) is 0 Å². The Morgan fingerprint density at radius 3 is 2.18 bits per heavy atom. The molecule has 1 unspecified atom stereocenters. The number of rotatable bonds is 7. The summed E-state index contributed by atoms with van der Waals surface area (Å²) in [6, 6.07) is 3.50. The Morgan fingerprint density at radius 2 is 1.77 bits per heavy atom. The molecule has 0 radical (unpaired) electrons. The van der Waals surface area contributed by atoms with Gasteiger partial charge < -0.3 is 15.2 Å². The van der Waals surface area contributed by atoms with Gasteiger partial charge in [-0.05, 0) is 49.4 Å². The summed E-state index contributed by atoms with van der Waals surface area (Å²) in [5, 5.41) is 11.9. The highest BCUT2D eigenvalue weighted by atomic mass is 16.5. The van der Waals surface area contributed by atoms with Crippen LogP contribution in [0.25, 0.3) is 0 Å². The van der Waals surface area contributed by atoms with Gasteiger partial charge in [-0.25, -0.2) is 0 Å². The zero-order chi connectivity index (χ0) is 16.9. The first-order chi connectivity index (χ1) is 10.3. The Kier molecular flexibility index (Phi) is 6.40. The number of carbonyl (C=O) groups excluding carboxylic acids is 1. The molecule has 1 rings (SSSR count). The molecule has 1 aromatic carbocycles. The lowest BCUT2D eigenvalue weighted by molar-refractivity contribution is -0.142. The Morgan fingerprint density at radius 1 is 1.23 bits per heavy atom. The summed E-state index contributed by atoms with van der Waals surface area (Å²) < 4.78 is 5.27. The topological polar surface area (TPSA) is 75.6 Å². The third kappa shape index (κ3) is 4.76. The van der Waals surface area contributed by atoms with Crippen molar-refractivity contribution in [3.8, 4) is 5.75 Å². The molecular formula is C17H25NO4. The van der Waals surface area contributed by atoms with Crippen molar-refractivity contribution in [2.75, 3.05) is 13.7 Å². The summed E-state index contributed by atoms with van der Waals surface area (Å²) in [7, 11) is 1.60. The number of ether oxygens (including phenoxy) is 1. The molecule has 122 valence electrons. The van der Waals surface area contributed by atoms with Crippen LogP contribution in [0.2, 0.25) is 0 Å². The predicted octanol–water partition coefficient (Wildman–Crippen LogP) is 2.79. The number of carbonyl (C=O) groups is 2. The van der Waals surface area contributed by atoms with E-state index in [1.165, 1.54) is 0 Å². The van der Waals surface area contributed by atoms with Crippen molar-refractivity contribution in [3.05, 3.63) is 28.8 Å². The minimum Gasteiger partial charge on any atom is -0.496 e. The summed E-state index contributed by atoms with van der Waals surface area (Å²) >= 11 is 0. The average molecular weight is 307 g/mol. The SMILES string of the molecule is COc1c(C)cc(C(=O)NCC(CC(C)C)C(=O)O)cc1C. The van der Waals surface area contributed by atoms with Crippen molar-refractivity contribution in [1.82, 2.24) is 5.32 Å². The fourth-order valence-electron chi connectivity index (χ4n) is 2.56. The van der Waals surface area contributed by atoms with Gasteiger partial charge in [0.25, 0.3) is 5.91 Å². The van der Waals surface area contributed by atoms with Crippen molar-refractivity contribution in [1.29, 1.82) is 0 Å². The third-order valence-corrected chi connectivity index (χ3v) is 3.54. The number of carboxylic acids is 1. The normalized spacial score (nSPS) is 12.1. The molecule has 5 heteroatoms. The molecular weight excluding hydrogens is 282 g/mol. The number of aliphatic carboxylic acids is 1. The third-order valence-electron chi connectivity index (χ3n) is 3.54. The monoisotopic (exact) mass is 307 g/mol. The number of hydrogen-bond donors (Lipinski definition) is 2. The van der Waals surface area contributed by atoms with Crippen molar-refractivity contribution in [2.24, 2.45) is 11.8 Å². The zero-order valence-electron chi connectivity index (χ0n) is 13.9. The fourth-order valence-corrected chi connectivity index (χ4v) is 2.56. The summed E-state index contributed by atoms with van der Waals surface area (Å²) in [5.41, 5.74) is 2.28. The molecule has 5 nitrogen and oxygen atoms in total. The molecule has 22 heavy (non-hydrogen) atoms. The van der Waals surface area contributed by atoms with E-state index in [9.17, 15) is 14.7 Å². The van der Waals surface area contributed by atoms with Crippen molar-refractivity contribution in [3.63, 3.8) is 0 Å². The number of carboxylic acid groups (broad SMARTS) is 1. The minimum atomic E-state index is -0.879. The Labute approximate surface area is 131 Å². The van der Waals surface area contributed by atoms with Crippen molar-refractivity contribution < 1.29 is 19.4 Å². The van der Waals surface area contributed by atoms with Gasteiger partial charge in [0.2, 0.25) is 0 Å². The van der Waals surface area contributed by atoms with Gasteiger partial charge in [0.05, 0.1) is 13.0 Å². The van der Waals surface area contributed by atoms with Crippen molar-refractivity contribution >= 4 is 11.9 Å². The Balaban J connectivity index is 2.79. The highest BCUT2D eigenvalue weighted by Crippen LogP contribution is 2.24. The number of methoxy groups -OCH3 is 1. The van der Waals surface area contributed by atoms with Gasteiger partial charge >= 0.3 is 5.97 Å². The van der Waals surface area contributed by atoms with E-state index in [0.29, 0.717) is 12.0 Å². The Hall–Kier alpha value is -2.04. The molecule has 0 saturated heterocycles. The predicted molar refractivity (Wildman–Crippen MR) is 85.4 cm³/mol. The van der Waals surface area contributed by atoms with Gasteiger partial charge in [0, 0.05) is 12.1 Å². The Bertz CT molecular complexity index is 529. The average Bonchev–Trinajstić information content (AvgIpc) is 2.42. The van der Waals surface area contributed by atoms with E-state index in [1.54, 1.807) is 19.2 Å². The molecule has 0 saturated carbocycles. The van der Waals surface area contributed by atoms with E-state index in [4.69, 9.17) is 4.74 Å². The number of hydrogen-bond acceptors (Lipinski definition) is 3. The first-order valence-electron chi connectivity index (χ1n) is 7.42. The van der Waals surface area contributed by atoms with Gasteiger partial charge in [-0.2, -0.15) is 0 Å². The second kappa shape index (κ2) is 7.82. The summed E-state index contributed by atoms with van der Waals surface area (Å²) in [4.78, 5) is 23.4. The van der Waals surface area contributed by atoms with Crippen LogP contribution in [0.4, 0.5) is 0 Å². The quantitative estimate of drug-likeness (QED) is 0.812. The molecule has 0 bridgehead atoms. The standard InChI is InChI=1S/C17H25NO4/c1-10(2)6-14(17(20)21)9-18-16(19)13-7-11(3)15(22-5)12(4)8-13/h7-8,10,14H,6,9H2,1-5H3,(H,18,19)(H,20,21). The largest absolute Gasteiger partial charge is 0.496 e. The van der Waals surface area contributed by atoms with E-state index >= 15 is 0 Å². The fraction of sp³-hybridized carbons (Fsp3) is 0.529. The number of nitrogens with one attached hydrogen (secondary N) is 1. The van der Waals surface area contributed by atoms with E-state index in [-0.39, 0.29) is 18.4 Å². The molecule has 0 heterocycles. The maximum Gasteiger partial charge on any atom is 0.308 e. The molecule has 0 spiro atoms. The molecule has 0 aromatic heterocycles. The van der Waals surface area contributed by atoms with Crippen molar-refractivity contribution in [2.45, 2.75) is 34.1 Å². The summed E-state index contributed by atoms with van der Waals surface area (Å²) in [6.07, 6.45) is 0.538. The van der Waals surface area contributed by atoms with E-state index in [0.717, 1.165) is 16.9 Å². The molecule has 2 N–H and O–H groups in total. The van der Waals surface area contributed by atoms with Gasteiger partial charge in [-0.15, -0.1) is 0 Å². The highest BCUT2D eigenvalue weighted by Gasteiger charge is 2.20. The smallest absolute Gasteiger partial charge is 0.308 e. The van der Waals surface area contributed by atoms with Crippen LogP contribution in [0.5, 0.6) is 5.75 Å². The summed E-state index contributed by atoms with van der Waals surface area (Å²) in [5.74, 6) is -0.674. The zero-order valence-corrected chi connectivity index (χ0v) is 13.9. The molecule has 0 aliphatic heterocycles. The molecule has 1 amide bonds. The van der Waals surface area contributed by atoms with Crippen LogP contribution in [0, 0.1) is 25.7 Å². The maximum absolute atomic E-state index is 12.2. The number of amides is 1. The lowest BCUT2D eigenvalue weighted by Gasteiger charge is -2.16. The van der Waals surface area contributed by atoms with E-state index in [1.807, 2.05) is 27.7 Å². The first-order valence-corrected chi connectivity index (χ1v) is 7.42. The molecule has 1 atom stereocenters. The van der Waals surface area contributed by atoms with Gasteiger partial charge in [-0.3, -0.25) is 9.59 Å². The van der Waals surface area contributed by atoms with Crippen LogP contribution >= 0.6 is 0 Å². The molecule has 0 aliphatic rings. The molecule has 1 aromatic rings. The van der Waals surface area contributed by atoms with Crippen LogP contribution in [0.1, 0.15) is 41.8 Å². The molecule has 0 aliphatic carbocycles. The van der Waals surface area contributed by atoms with Gasteiger partial charge in [0.15, 0.2) is 0 Å². The molecule has 0 fully saturated rings. The lowest BCUT2D eigenvalue weighted by atomic mass is 9.97. The van der Waals surface area contributed by atoms with Gasteiger partial charge in [-0.1, -0.05) is 13.8 Å². The van der Waals surface area contributed by atoms with Crippen LogP contribution in [-0.2, 0) is 4.79 Å². The van der Waals surface area contributed by atoms with Crippen LogP contribution in [-0.4, -0.2) is 30.6 Å². The minimum absolute atomic E-state index is 0.135. The lowest BCUT2D eigenvalue weighted by Crippen LogP contribution is -2.33. The number of aryl methyl sites for hydroxylation is 2. The second-order valence-electron chi connectivity index (χ2n) is 6.02. The van der Waals surface area contributed by atoms with E-state index in [2.05, 4.69) is 5.32 Å². The first kappa shape index (κ1) is 18.0. The maximum atomic E-state index is 12.2.